The molecule has 2 saturated heterocycles. The number of carbonyl (C=O) groups excluding carboxylic acids is 1. The molecule has 52 heavy (non-hydrogen) atoms. The lowest BCUT2D eigenvalue weighted by Crippen LogP contribution is -2.46. The number of rotatable bonds is 11. The Bertz CT molecular complexity index is 1950. The Balaban J connectivity index is 0.860. The van der Waals surface area contributed by atoms with Gasteiger partial charge in [-0.05, 0) is 121 Å². The lowest BCUT2D eigenvalue weighted by molar-refractivity contribution is -0.384. The van der Waals surface area contributed by atoms with Crippen molar-refractivity contribution in [3.8, 4) is 0 Å². The number of nitrogens with zero attached hydrogens (tertiary/aromatic N) is 3. The minimum Gasteiger partial charge on any atom is -0.381 e. The topological polar surface area (TPSA) is 134 Å². The molecule has 0 aromatic heterocycles. The fourth-order valence-electron chi connectivity index (χ4n) is 9.52. The van der Waals surface area contributed by atoms with Crippen LogP contribution in [-0.4, -0.2) is 70.1 Å². The first-order valence-electron chi connectivity index (χ1n) is 18.8. The molecule has 2 N–H and O–H groups in total. The molecular weight excluding hydrogens is 679 g/mol. The number of amides is 1. The zero-order valence-corrected chi connectivity index (χ0v) is 30.2. The number of nitro groups is 1. The first kappa shape index (κ1) is 34.8. The maximum Gasteiger partial charge on any atom is 0.293 e. The molecule has 3 aromatic rings. The molecule has 2 saturated carbocycles. The summed E-state index contributed by atoms with van der Waals surface area (Å²) < 4.78 is 33.8. The van der Waals surface area contributed by atoms with Gasteiger partial charge in [-0.1, -0.05) is 30.3 Å². The van der Waals surface area contributed by atoms with Gasteiger partial charge >= 0.3 is 0 Å². The first-order valence-corrected chi connectivity index (χ1v) is 20.2. The van der Waals surface area contributed by atoms with E-state index in [0.717, 1.165) is 81.0 Å². The van der Waals surface area contributed by atoms with Crippen molar-refractivity contribution in [1.29, 1.82) is 0 Å². The van der Waals surface area contributed by atoms with E-state index in [-0.39, 0.29) is 21.8 Å². The second kappa shape index (κ2) is 14.6. The highest BCUT2D eigenvalue weighted by atomic mass is 32.2. The number of nitrogens with one attached hydrogen (secondary N) is 2. The van der Waals surface area contributed by atoms with E-state index in [0.29, 0.717) is 25.7 Å². The number of sulfonamides is 1. The first-order chi connectivity index (χ1) is 25.2. The SMILES string of the molecule is O=C(NS(=O)(=O)c1ccc(NCC2CCOCC2)c([N+](=O)[O-])c1)c1ccc(N2CCN(Cc3ccccc3C3=CCC4C5CCC4C3C5)CC2)cc1. The summed E-state index contributed by atoms with van der Waals surface area (Å²) in [5.74, 6) is 3.01. The van der Waals surface area contributed by atoms with Crippen molar-refractivity contribution >= 4 is 38.6 Å². The van der Waals surface area contributed by atoms with E-state index in [1.807, 2.05) is 12.1 Å². The molecule has 1 amide bonds. The fourth-order valence-corrected chi connectivity index (χ4v) is 10.5. The van der Waals surface area contributed by atoms with Crippen molar-refractivity contribution in [2.75, 3.05) is 56.2 Å². The number of nitro benzene ring substituents is 1. The third-order valence-electron chi connectivity index (χ3n) is 12.3. The summed E-state index contributed by atoms with van der Waals surface area (Å²) in [6, 6.07) is 19.5. The Morgan fingerprint density at radius 1 is 0.923 bits per heavy atom. The minimum atomic E-state index is -4.36. The number of allylic oxidation sites excluding steroid dienone is 2. The molecule has 4 unspecified atom stereocenters. The molecule has 274 valence electrons. The lowest BCUT2D eigenvalue weighted by atomic mass is 9.75. The summed E-state index contributed by atoms with van der Waals surface area (Å²) in [6.45, 7) is 6.28. The highest BCUT2D eigenvalue weighted by Gasteiger charge is 2.50. The largest absolute Gasteiger partial charge is 0.381 e. The smallest absolute Gasteiger partial charge is 0.293 e. The molecule has 0 spiro atoms. The van der Waals surface area contributed by atoms with Gasteiger partial charge in [-0.15, -0.1) is 0 Å². The predicted molar refractivity (Wildman–Crippen MR) is 201 cm³/mol. The molecule has 11 nitrogen and oxygen atoms in total. The second-order valence-electron chi connectivity index (χ2n) is 15.2. The Labute approximate surface area is 305 Å². The highest BCUT2D eigenvalue weighted by molar-refractivity contribution is 7.90. The number of anilines is 2. The molecule has 0 radical (unpaired) electrons. The van der Waals surface area contributed by atoms with E-state index in [2.05, 4.69) is 50.2 Å². The van der Waals surface area contributed by atoms with Crippen molar-refractivity contribution < 1.29 is 22.9 Å². The lowest BCUT2D eigenvalue weighted by Gasteiger charge is -2.37. The molecule has 8 rings (SSSR count). The van der Waals surface area contributed by atoms with Crippen LogP contribution in [0.25, 0.3) is 5.57 Å². The third kappa shape index (κ3) is 7.08. The summed E-state index contributed by atoms with van der Waals surface area (Å²) in [7, 11) is -4.36. The second-order valence-corrected chi connectivity index (χ2v) is 16.9. The van der Waals surface area contributed by atoms with Crippen molar-refractivity contribution in [2.24, 2.45) is 29.6 Å². The summed E-state index contributed by atoms with van der Waals surface area (Å²) >= 11 is 0. The summed E-state index contributed by atoms with van der Waals surface area (Å²) in [4.78, 5) is 28.7. The molecule has 2 aliphatic heterocycles. The fraction of sp³-hybridized carbons (Fsp3) is 0.475. The molecule has 4 atom stereocenters. The van der Waals surface area contributed by atoms with E-state index in [1.165, 1.54) is 48.9 Å². The van der Waals surface area contributed by atoms with E-state index < -0.39 is 20.9 Å². The number of carbonyl (C=O) groups is 1. The number of benzene rings is 3. The van der Waals surface area contributed by atoms with Gasteiger partial charge in [0.05, 0.1) is 9.82 Å². The van der Waals surface area contributed by atoms with Crippen LogP contribution < -0.4 is 14.9 Å². The average molecular weight is 726 g/mol. The van der Waals surface area contributed by atoms with Crippen molar-refractivity contribution in [2.45, 2.75) is 50.0 Å². The Hall–Kier alpha value is -4.26. The predicted octanol–water partition coefficient (Wildman–Crippen LogP) is 6.32. The summed E-state index contributed by atoms with van der Waals surface area (Å²) in [5, 5.41) is 14.9. The van der Waals surface area contributed by atoms with E-state index in [1.54, 1.807) is 17.7 Å². The molecule has 4 fully saturated rings. The monoisotopic (exact) mass is 725 g/mol. The molecule has 4 bridgehead atoms. The van der Waals surface area contributed by atoms with E-state index >= 15 is 0 Å². The number of ether oxygens (including phenoxy) is 1. The zero-order chi connectivity index (χ0) is 35.8. The van der Waals surface area contributed by atoms with Gasteiger partial charge in [-0.3, -0.25) is 19.8 Å². The van der Waals surface area contributed by atoms with Crippen LogP contribution >= 0.6 is 0 Å². The van der Waals surface area contributed by atoms with Crippen LogP contribution in [0.1, 0.15) is 60.0 Å². The van der Waals surface area contributed by atoms with Crippen LogP contribution in [0, 0.1) is 39.7 Å². The highest BCUT2D eigenvalue weighted by Crippen LogP contribution is 2.60. The van der Waals surface area contributed by atoms with Crippen molar-refractivity contribution in [3.63, 3.8) is 0 Å². The quantitative estimate of drug-likeness (QED) is 0.172. The maximum absolute atomic E-state index is 13.2. The number of piperazine rings is 1. The zero-order valence-electron chi connectivity index (χ0n) is 29.4. The Morgan fingerprint density at radius 3 is 2.46 bits per heavy atom. The van der Waals surface area contributed by atoms with Crippen LogP contribution in [-0.2, 0) is 21.3 Å². The van der Waals surface area contributed by atoms with Crippen LogP contribution in [0.4, 0.5) is 17.1 Å². The van der Waals surface area contributed by atoms with Gasteiger partial charge in [0.25, 0.3) is 21.6 Å². The molecule has 2 heterocycles. The third-order valence-corrected chi connectivity index (χ3v) is 13.7. The van der Waals surface area contributed by atoms with Crippen molar-refractivity contribution in [3.05, 3.63) is 99.6 Å². The van der Waals surface area contributed by atoms with E-state index in [4.69, 9.17) is 4.74 Å². The summed E-state index contributed by atoms with van der Waals surface area (Å²) in [6.07, 6.45) is 9.72. The van der Waals surface area contributed by atoms with Gasteiger partial charge in [0, 0.05) is 69.8 Å². The van der Waals surface area contributed by atoms with Crippen LogP contribution in [0.5, 0.6) is 0 Å². The van der Waals surface area contributed by atoms with Crippen LogP contribution in [0.15, 0.2) is 77.7 Å². The van der Waals surface area contributed by atoms with Gasteiger partial charge in [0.2, 0.25) is 0 Å². The Kier molecular flexibility index (Phi) is 9.80. The van der Waals surface area contributed by atoms with Gasteiger partial charge in [-0.25, -0.2) is 13.1 Å². The Morgan fingerprint density at radius 2 is 1.69 bits per heavy atom. The minimum absolute atomic E-state index is 0.186. The van der Waals surface area contributed by atoms with Crippen LogP contribution in [0.3, 0.4) is 0 Å². The number of hydrogen-bond acceptors (Lipinski definition) is 9. The normalized spacial score (nSPS) is 24.8. The maximum atomic E-state index is 13.2. The molecular formula is C40H47N5O6S. The molecule has 3 aromatic carbocycles. The van der Waals surface area contributed by atoms with Gasteiger partial charge in [-0.2, -0.15) is 0 Å². The average Bonchev–Trinajstić information content (AvgIpc) is 3.67. The molecule has 5 aliphatic rings. The van der Waals surface area contributed by atoms with Gasteiger partial charge in [0.1, 0.15) is 5.69 Å². The number of hydrogen-bond donors (Lipinski definition) is 2. The summed E-state index contributed by atoms with van der Waals surface area (Å²) in [5.41, 5.74) is 5.49. The van der Waals surface area contributed by atoms with Crippen LogP contribution in [0.2, 0.25) is 0 Å². The molecule has 12 heteroatoms. The van der Waals surface area contributed by atoms with Gasteiger partial charge < -0.3 is 15.0 Å². The molecule has 3 aliphatic carbocycles. The van der Waals surface area contributed by atoms with Crippen molar-refractivity contribution in [1.82, 2.24) is 9.62 Å². The van der Waals surface area contributed by atoms with Gasteiger partial charge in [0.15, 0.2) is 0 Å². The standard InChI is InChI=1S/C40H47N5O6S/c46-40(42-52(49,50)32-10-14-38(39(24-32)45(47)48)41-25-27-15-21-51-22-16-27)28-5-8-31(9-6-28)44-19-17-43(18-20-44)26-30-3-1-2-4-33(30)36-13-12-34-29-7-11-35(34)37(36)23-29/h1-6,8-10,13-14,24,27,29,34-35,37,41H,7,11-12,15-23,25-26H2,(H,42,46). The van der Waals surface area contributed by atoms with E-state index in [9.17, 15) is 23.3 Å².